The molecule has 1 N–H and O–H groups in total. The molecule has 0 bridgehead atoms. The molecule has 20 heavy (non-hydrogen) atoms. The SMILES string of the molecule is CCCNC1CCCCC1Cc1cc(C)ccc1OC. The second-order valence-electron chi connectivity index (χ2n) is 6.12. The summed E-state index contributed by atoms with van der Waals surface area (Å²) in [6.45, 7) is 5.55. The van der Waals surface area contributed by atoms with E-state index in [0.717, 1.165) is 24.6 Å². The molecule has 0 heterocycles. The Labute approximate surface area is 123 Å². The molecule has 0 spiro atoms. The van der Waals surface area contributed by atoms with Gasteiger partial charge in [-0.1, -0.05) is 37.5 Å². The number of nitrogens with one attached hydrogen (secondary N) is 1. The first kappa shape index (κ1) is 15.4. The number of benzene rings is 1. The molecule has 0 saturated heterocycles. The van der Waals surface area contributed by atoms with Gasteiger partial charge in [-0.15, -0.1) is 0 Å². The lowest BCUT2D eigenvalue weighted by Crippen LogP contribution is -2.39. The minimum Gasteiger partial charge on any atom is -0.496 e. The second-order valence-corrected chi connectivity index (χ2v) is 6.12. The molecule has 2 atom stereocenters. The normalized spacial score (nSPS) is 22.8. The Hall–Kier alpha value is -1.02. The summed E-state index contributed by atoms with van der Waals surface area (Å²) < 4.78 is 5.54. The Morgan fingerprint density at radius 1 is 1.25 bits per heavy atom. The molecule has 2 heteroatoms. The fraction of sp³-hybridized carbons (Fsp3) is 0.667. The van der Waals surface area contributed by atoms with Gasteiger partial charge < -0.3 is 10.1 Å². The van der Waals surface area contributed by atoms with Crippen molar-refractivity contribution in [3.05, 3.63) is 29.3 Å². The first-order valence-corrected chi connectivity index (χ1v) is 8.11. The molecule has 2 nitrogen and oxygen atoms in total. The zero-order valence-corrected chi connectivity index (χ0v) is 13.2. The molecule has 1 aliphatic carbocycles. The molecule has 0 aromatic heterocycles. The van der Waals surface area contributed by atoms with E-state index in [2.05, 4.69) is 37.4 Å². The van der Waals surface area contributed by atoms with E-state index in [1.165, 1.54) is 43.2 Å². The first-order valence-electron chi connectivity index (χ1n) is 8.11. The molecule has 1 aromatic rings. The lowest BCUT2D eigenvalue weighted by atomic mass is 9.80. The van der Waals surface area contributed by atoms with E-state index in [4.69, 9.17) is 4.74 Å². The summed E-state index contributed by atoms with van der Waals surface area (Å²) in [4.78, 5) is 0. The van der Waals surface area contributed by atoms with Gasteiger partial charge in [0.25, 0.3) is 0 Å². The third-order valence-corrected chi connectivity index (χ3v) is 4.48. The number of methoxy groups -OCH3 is 1. The Balaban J connectivity index is 2.07. The molecule has 1 saturated carbocycles. The van der Waals surface area contributed by atoms with E-state index in [9.17, 15) is 0 Å². The van der Waals surface area contributed by atoms with E-state index in [1.54, 1.807) is 7.11 Å². The fourth-order valence-corrected chi connectivity index (χ4v) is 3.40. The van der Waals surface area contributed by atoms with Gasteiger partial charge in [0.2, 0.25) is 0 Å². The highest BCUT2D eigenvalue weighted by Crippen LogP contribution is 2.31. The third-order valence-electron chi connectivity index (χ3n) is 4.48. The average molecular weight is 275 g/mol. The zero-order chi connectivity index (χ0) is 14.4. The van der Waals surface area contributed by atoms with Crippen LogP contribution < -0.4 is 10.1 Å². The minimum absolute atomic E-state index is 0.689. The molecule has 1 aliphatic rings. The van der Waals surface area contributed by atoms with Crippen molar-refractivity contribution in [1.29, 1.82) is 0 Å². The second kappa shape index (κ2) is 7.68. The van der Waals surface area contributed by atoms with E-state index >= 15 is 0 Å². The maximum Gasteiger partial charge on any atom is 0.122 e. The smallest absolute Gasteiger partial charge is 0.122 e. The molecule has 1 aromatic carbocycles. The predicted molar refractivity (Wildman–Crippen MR) is 85.5 cm³/mol. The molecule has 0 aliphatic heterocycles. The van der Waals surface area contributed by atoms with Gasteiger partial charge in [-0.25, -0.2) is 0 Å². The summed E-state index contributed by atoms with van der Waals surface area (Å²) in [6, 6.07) is 7.23. The summed E-state index contributed by atoms with van der Waals surface area (Å²) in [5.74, 6) is 1.81. The first-order chi connectivity index (χ1) is 9.74. The van der Waals surface area contributed by atoms with Gasteiger partial charge in [-0.3, -0.25) is 0 Å². The van der Waals surface area contributed by atoms with Crippen molar-refractivity contribution < 1.29 is 4.74 Å². The third kappa shape index (κ3) is 3.99. The standard InChI is InChI=1S/C18H29NO/c1-4-11-19-17-8-6-5-7-15(17)13-16-12-14(2)9-10-18(16)20-3/h9-10,12,15,17,19H,4-8,11,13H2,1-3H3. The van der Waals surface area contributed by atoms with E-state index in [-0.39, 0.29) is 0 Å². The lowest BCUT2D eigenvalue weighted by molar-refractivity contribution is 0.259. The van der Waals surface area contributed by atoms with Gasteiger partial charge in [0.15, 0.2) is 0 Å². The van der Waals surface area contributed by atoms with Crippen LogP contribution >= 0.6 is 0 Å². The van der Waals surface area contributed by atoms with Crippen molar-refractivity contribution in [3.8, 4) is 5.75 Å². The van der Waals surface area contributed by atoms with Crippen LogP contribution in [0.1, 0.15) is 50.2 Å². The van der Waals surface area contributed by atoms with Gasteiger partial charge >= 0.3 is 0 Å². The Kier molecular flexibility index (Phi) is 5.90. The van der Waals surface area contributed by atoms with Crippen LogP contribution in [-0.2, 0) is 6.42 Å². The van der Waals surface area contributed by atoms with Gasteiger partial charge in [-0.05, 0) is 56.7 Å². The average Bonchev–Trinajstić information content (AvgIpc) is 2.47. The highest BCUT2D eigenvalue weighted by Gasteiger charge is 2.25. The van der Waals surface area contributed by atoms with Crippen molar-refractivity contribution >= 4 is 0 Å². The molecule has 0 radical (unpaired) electrons. The monoisotopic (exact) mass is 275 g/mol. The Morgan fingerprint density at radius 3 is 2.80 bits per heavy atom. The number of hydrogen-bond acceptors (Lipinski definition) is 2. The summed E-state index contributed by atoms with van der Waals surface area (Å²) >= 11 is 0. The molecule has 112 valence electrons. The predicted octanol–water partition coefficient (Wildman–Crippen LogP) is 4.10. The van der Waals surface area contributed by atoms with Crippen molar-refractivity contribution in [2.45, 2.75) is 58.4 Å². The molecule has 0 amide bonds. The van der Waals surface area contributed by atoms with Crippen molar-refractivity contribution in [2.24, 2.45) is 5.92 Å². The van der Waals surface area contributed by atoms with Gasteiger partial charge in [0.1, 0.15) is 5.75 Å². The Morgan fingerprint density at radius 2 is 2.05 bits per heavy atom. The van der Waals surface area contributed by atoms with Gasteiger partial charge in [0, 0.05) is 6.04 Å². The van der Waals surface area contributed by atoms with Crippen LogP contribution in [-0.4, -0.2) is 19.7 Å². The van der Waals surface area contributed by atoms with Crippen LogP contribution in [0.3, 0.4) is 0 Å². The highest BCUT2D eigenvalue weighted by molar-refractivity contribution is 5.37. The minimum atomic E-state index is 0.689. The Bertz CT molecular complexity index is 416. The maximum atomic E-state index is 5.54. The summed E-state index contributed by atoms with van der Waals surface area (Å²) in [5, 5.41) is 3.75. The van der Waals surface area contributed by atoms with Crippen LogP contribution in [0.5, 0.6) is 5.75 Å². The topological polar surface area (TPSA) is 21.3 Å². The van der Waals surface area contributed by atoms with Crippen molar-refractivity contribution in [2.75, 3.05) is 13.7 Å². The number of rotatable bonds is 6. The maximum absolute atomic E-state index is 5.54. The van der Waals surface area contributed by atoms with Gasteiger partial charge in [-0.2, -0.15) is 0 Å². The number of ether oxygens (including phenoxy) is 1. The summed E-state index contributed by atoms with van der Waals surface area (Å²) in [5.41, 5.74) is 2.71. The van der Waals surface area contributed by atoms with Crippen LogP contribution in [0.4, 0.5) is 0 Å². The van der Waals surface area contributed by atoms with Gasteiger partial charge in [0.05, 0.1) is 7.11 Å². The molecule has 2 unspecified atom stereocenters. The van der Waals surface area contributed by atoms with Crippen molar-refractivity contribution in [3.63, 3.8) is 0 Å². The molecule has 2 rings (SSSR count). The van der Waals surface area contributed by atoms with Crippen molar-refractivity contribution in [1.82, 2.24) is 5.32 Å². The number of aryl methyl sites for hydroxylation is 1. The fourth-order valence-electron chi connectivity index (χ4n) is 3.40. The van der Waals surface area contributed by atoms with E-state index in [1.807, 2.05) is 0 Å². The largest absolute Gasteiger partial charge is 0.496 e. The van der Waals surface area contributed by atoms with Crippen LogP contribution in [0.2, 0.25) is 0 Å². The lowest BCUT2D eigenvalue weighted by Gasteiger charge is -2.33. The van der Waals surface area contributed by atoms with E-state index < -0.39 is 0 Å². The van der Waals surface area contributed by atoms with E-state index in [0.29, 0.717) is 6.04 Å². The molecular weight excluding hydrogens is 246 g/mol. The van der Waals surface area contributed by atoms with Crippen LogP contribution in [0, 0.1) is 12.8 Å². The summed E-state index contributed by atoms with van der Waals surface area (Å²) in [6.07, 6.45) is 7.80. The molecule has 1 fully saturated rings. The number of hydrogen-bond donors (Lipinski definition) is 1. The highest BCUT2D eigenvalue weighted by atomic mass is 16.5. The van der Waals surface area contributed by atoms with Crippen LogP contribution in [0.15, 0.2) is 18.2 Å². The summed E-state index contributed by atoms with van der Waals surface area (Å²) in [7, 11) is 1.78. The van der Waals surface area contributed by atoms with Crippen LogP contribution in [0.25, 0.3) is 0 Å². The molecular formula is C18H29NO. The quantitative estimate of drug-likeness (QED) is 0.844. The zero-order valence-electron chi connectivity index (χ0n) is 13.2.